The lowest BCUT2D eigenvalue weighted by Gasteiger charge is -2.27. The van der Waals surface area contributed by atoms with Crippen molar-refractivity contribution in [2.24, 2.45) is 7.05 Å². The van der Waals surface area contributed by atoms with E-state index in [4.69, 9.17) is 11.6 Å². The van der Waals surface area contributed by atoms with Crippen LogP contribution in [0.4, 0.5) is 0 Å². The number of rotatable bonds is 1. The van der Waals surface area contributed by atoms with E-state index >= 15 is 0 Å². The number of halogens is 1. The number of hydrogen-bond acceptors (Lipinski definition) is 3. The van der Waals surface area contributed by atoms with E-state index in [9.17, 15) is 4.79 Å². The molecule has 100 valence electrons. The summed E-state index contributed by atoms with van der Waals surface area (Å²) >= 11 is 7.93. The maximum absolute atomic E-state index is 12.6. The Bertz CT molecular complexity index is 646. The summed E-state index contributed by atoms with van der Waals surface area (Å²) in [4.78, 5) is 15.8. The first-order valence-corrected chi connectivity index (χ1v) is 7.37. The van der Waals surface area contributed by atoms with E-state index in [1.165, 1.54) is 10.4 Å². The van der Waals surface area contributed by atoms with Crippen LogP contribution in [0.25, 0.3) is 0 Å². The second kappa shape index (κ2) is 4.65. The molecular formula is C13H14ClN3OS. The van der Waals surface area contributed by atoms with Gasteiger partial charge in [0, 0.05) is 25.0 Å². The summed E-state index contributed by atoms with van der Waals surface area (Å²) in [6, 6.07) is 2.09. The lowest BCUT2D eigenvalue weighted by Crippen LogP contribution is -2.35. The molecule has 19 heavy (non-hydrogen) atoms. The van der Waals surface area contributed by atoms with Crippen LogP contribution < -0.4 is 0 Å². The fourth-order valence-electron chi connectivity index (χ4n) is 2.45. The van der Waals surface area contributed by atoms with Crippen molar-refractivity contribution in [3.05, 3.63) is 38.3 Å². The third-order valence-corrected chi connectivity index (χ3v) is 4.92. The molecule has 0 saturated carbocycles. The minimum absolute atomic E-state index is 0.0209. The topological polar surface area (TPSA) is 38.1 Å². The first kappa shape index (κ1) is 12.7. The van der Waals surface area contributed by atoms with Gasteiger partial charge in [-0.15, -0.1) is 11.3 Å². The molecule has 2 aromatic rings. The second-order valence-electron chi connectivity index (χ2n) is 4.72. The molecule has 1 amide bonds. The third-order valence-electron chi connectivity index (χ3n) is 3.46. The van der Waals surface area contributed by atoms with Crippen LogP contribution in [-0.2, 0) is 20.0 Å². The molecule has 4 nitrogen and oxygen atoms in total. The Hall–Kier alpha value is -1.33. The molecule has 1 aliphatic rings. The molecule has 0 spiro atoms. The number of nitrogens with zero attached hydrogens (tertiary/aromatic N) is 3. The number of thiophene rings is 1. The van der Waals surface area contributed by atoms with Crippen molar-refractivity contribution in [3.63, 3.8) is 0 Å². The van der Waals surface area contributed by atoms with Gasteiger partial charge in [0.05, 0.1) is 11.3 Å². The number of hydrogen-bond donors (Lipinski definition) is 0. The van der Waals surface area contributed by atoms with Crippen LogP contribution in [0.3, 0.4) is 0 Å². The van der Waals surface area contributed by atoms with E-state index in [-0.39, 0.29) is 5.91 Å². The van der Waals surface area contributed by atoms with E-state index in [1.807, 2.05) is 11.8 Å². The highest BCUT2D eigenvalue weighted by Gasteiger charge is 2.27. The number of amides is 1. The predicted octanol–water partition coefficient (Wildman–Crippen LogP) is 2.64. The zero-order valence-electron chi connectivity index (χ0n) is 10.8. The van der Waals surface area contributed by atoms with Crippen molar-refractivity contribution >= 4 is 28.8 Å². The van der Waals surface area contributed by atoms with Gasteiger partial charge < -0.3 is 4.90 Å². The fraction of sp³-hybridized carbons (Fsp3) is 0.385. The number of carbonyl (C=O) groups excluding carboxylic acids is 1. The smallest absolute Gasteiger partial charge is 0.259 e. The number of aryl methyl sites for hydroxylation is 2. The van der Waals surface area contributed by atoms with Crippen LogP contribution in [-0.4, -0.2) is 27.1 Å². The van der Waals surface area contributed by atoms with Gasteiger partial charge in [0.1, 0.15) is 5.15 Å². The highest BCUT2D eigenvalue weighted by Crippen LogP contribution is 2.27. The molecule has 6 heteroatoms. The van der Waals surface area contributed by atoms with Crippen molar-refractivity contribution in [1.29, 1.82) is 0 Å². The second-order valence-corrected chi connectivity index (χ2v) is 6.08. The molecule has 3 heterocycles. The van der Waals surface area contributed by atoms with Crippen molar-refractivity contribution < 1.29 is 4.79 Å². The summed E-state index contributed by atoms with van der Waals surface area (Å²) in [7, 11) is 1.75. The van der Waals surface area contributed by atoms with Crippen LogP contribution in [0.2, 0.25) is 5.15 Å². The normalized spacial score (nSPS) is 14.6. The van der Waals surface area contributed by atoms with Gasteiger partial charge in [-0.1, -0.05) is 11.6 Å². The molecule has 0 aromatic carbocycles. The van der Waals surface area contributed by atoms with E-state index in [0.717, 1.165) is 13.0 Å². The highest BCUT2D eigenvalue weighted by molar-refractivity contribution is 7.10. The zero-order chi connectivity index (χ0) is 13.6. The zero-order valence-corrected chi connectivity index (χ0v) is 12.4. The molecule has 0 atom stereocenters. The molecule has 2 aromatic heterocycles. The van der Waals surface area contributed by atoms with E-state index < -0.39 is 0 Å². The highest BCUT2D eigenvalue weighted by atomic mass is 35.5. The molecule has 0 fully saturated rings. The molecule has 0 bridgehead atoms. The summed E-state index contributed by atoms with van der Waals surface area (Å²) in [5, 5.41) is 6.70. The van der Waals surface area contributed by atoms with Gasteiger partial charge in [-0.25, -0.2) is 0 Å². The minimum atomic E-state index is -0.0209. The summed E-state index contributed by atoms with van der Waals surface area (Å²) in [5.41, 5.74) is 2.47. The first-order valence-electron chi connectivity index (χ1n) is 6.11. The maximum Gasteiger partial charge on any atom is 0.259 e. The van der Waals surface area contributed by atoms with E-state index in [2.05, 4.69) is 16.5 Å². The predicted molar refractivity (Wildman–Crippen MR) is 75.7 cm³/mol. The van der Waals surface area contributed by atoms with E-state index in [0.29, 0.717) is 23.0 Å². The number of aromatic nitrogens is 2. The first-order chi connectivity index (χ1) is 9.08. The van der Waals surface area contributed by atoms with E-state index in [1.54, 1.807) is 23.1 Å². The average molecular weight is 296 g/mol. The van der Waals surface area contributed by atoms with Crippen molar-refractivity contribution in [2.75, 3.05) is 6.54 Å². The van der Waals surface area contributed by atoms with Gasteiger partial charge in [0.15, 0.2) is 0 Å². The Morgan fingerprint density at radius 2 is 2.32 bits per heavy atom. The molecular weight excluding hydrogens is 282 g/mol. The Balaban J connectivity index is 1.90. The maximum atomic E-state index is 12.6. The lowest BCUT2D eigenvalue weighted by molar-refractivity contribution is 0.0735. The molecule has 0 unspecified atom stereocenters. The van der Waals surface area contributed by atoms with Crippen molar-refractivity contribution in [3.8, 4) is 0 Å². The van der Waals surface area contributed by atoms with Gasteiger partial charge in [-0.2, -0.15) is 5.10 Å². The van der Waals surface area contributed by atoms with Gasteiger partial charge in [0.2, 0.25) is 0 Å². The quantitative estimate of drug-likeness (QED) is 0.811. The SMILES string of the molecule is Cc1nn(C)c(Cl)c1C(=O)N1CCc2sccc2C1. The molecule has 0 radical (unpaired) electrons. The Morgan fingerprint density at radius 3 is 3.00 bits per heavy atom. The summed E-state index contributed by atoms with van der Waals surface area (Å²) in [6.07, 6.45) is 0.926. The largest absolute Gasteiger partial charge is 0.334 e. The third kappa shape index (κ3) is 2.07. The summed E-state index contributed by atoms with van der Waals surface area (Å²) in [6.45, 7) is 3.23. The van der Waals surface area contributed by atoms with Crippen LogP contribution in [0, 0.1) is 6.92 Å². The molecule has 0 aliphatic carbocycles. The fourth-order valence-corrected chi connectivity index (χ4v) is 3.60. The van der Waals surface area contributed by atoms with Crippen molar-refractivity contribution in [1.82, 2.24) is 14.7 Å². The standard InChI is InChI=1S/C13H14ClN3OS/c1-8-11(12(14)16(2)15-8)13(18)17-5-3-10-9(7-17)4-6-19-10/h4,6H,3,5,7H2,1-2H3. The van der Waals surface area contributed by atoms with Crippen LogP contribution in [0.1, 0.15) is 26.5 Å². The molecule has 3 rings (SSSR count). The average Bonchev–Trinajstić information content (AvgIpc) is 2.94. The summed E-state index contributed by atoms with van der Waals surface area (Å²) < 4.78 is 1.55. The van der Waals surface area contributed by atoms with Gasteiger partial charge >= 0.3 is 0 Å². The molecule has 0 saturated heterocycles. The monoisotopic (exact) mass is 295 g/mol. The number of fused-ring (bicyclic) bond motifs is 1. The summed E-state index contributed by atoms with van der Waals surface area (Å²) in [5.74, 6) is -0.0209. The Morgan fingerprint density at radius 1 is 1.53 bits per heavy atom. The molecule has 0 N–H and O–H groups in total. The Kier molecular flexibility index (Phi) is 3.11. The lowest BCUT2D eigenvalue weighted by atomic mass is 10.1. The van der Waals surface area contributed by atoms with Gasteiger partial charge in [-0.3, -0.25) is 9.48 Å². The minimum Gasteiger partial charge on any atom is -0.334 e. The number of carbonyl (C=O) groups is 1. The van der Waals surface area contributed by atoms with Crippen LogP contribution in [0.5, 0.6) is 0 Å². The van der Waals surface area contributed by atoms with Crippen molar-refractivity contribution in [2.45, 2.75) is 19.9 Å². The van der Waals surface area contributed by atoms with Crippen LogP contribution >= 0.6 is 22.9 Å². The molecule has 1 aliphatic heterocycles. The Labute approximate surface area is 120 Å². The van der Waals surface area contributed by atoms with Gasteiger partial charge in [-0.05, 0) is 30.4 Å². The van der Waals surface area contributed by atoms with Crippen LogP contribution in [0.15, 0.2) is 11.4 Å². The van der Waals surface area contributed by atoms with Gasteiger partial charge in [0.25, 0.3) is 5.91 Å².